The van der Waals surface area contributed by atoms with Gasteiger partial charge in [-0.25, -0.2) is 4.68 Å². The van der Waals surface area contributed by atoms with Gasteiger partial charge in [0.2, 0.25) is 0 Å². The summed E-state index contributed by atoms with van der Waals surface area (Å²) in [5.41, 5.74) is 4.32. The van der Waals surface area contributed by atoms with E-state index in [9.17, 15) is 4.79 Å². The molecule has 0 aliphatic carbocycles. The third-order valence-corrected chi connectivity index (χ3v) is 6.65. The van der Waals surface area contributed by atoms with Gasteiger partial charge >= 0.3 is 0 Å². The second-order valence-electron chi connectivity index (χ2n) is 8.19. The molecule has 3 aromatic rings. The number of carbonyl (C=O) groups is 1. The van der Waals surface area contributed by atoms with E-state index in [4.69, 9.17) is 21.1 Å². The highest BCUT2D eigenvalue weighted by atomic mass is 35.5. The number of aryl methyl sites for hydroxylation is 1. The average Bonchev–Trinajstić information content (AvgIpc) is 3.11. The minimum atomic E-state index is 0.0477. The normalized spacial score (nSPS) is 14.4. The Balaban J connectivity index is 1.38. The summed E-state index contributed by atoms with van der Waals surface area (Å²) in [5.74, 6) is 1.70. The van der Waals surface area contributed by atoms with E-state index in [2.05, 4.69) is 10.00 Å². The number of hydrogen-bond acceptors (Lipinski definition) is 5. The van der Waals surface area contributed by atoms with Crippen molar-refractivity contribution in [1.29, 1.82) is 0 Å². The number of carbonyl (C=O) groups excluding carboxylic acids is 1. The molecule has 174 valence electrons. The lowest BCUT2D eigenvalue weighted by Gasteiger charge is -2.35. The number of nitrogens with zero attached hydrogens (tertiary/aromatic N) is 4. The number of hydrogen-bond donors (Lipinski definition) is 0. The number of methoxy groups -OCH3 is 2. The largest absolute Gasteiger partial charge is 0.497 e. The van der Waals surface area contributed by atoms with Crippen LogP contribution >= 0.6 is 11.6 Å². The van der Waals surface area contributed by atoms with E-state index in [1.807, 2.05) is 61.2 Å². The number of aromatic nitrogens is 2. The van der Waals surface area contributed by atoms with Gasteiger partial charge in [-0.3, -0.25) is 9.69 Å². The van der Waals surface area contributed by atoms with Crippen molar-refractivity contribution in [2.24, 2.45) is 0 Å². The summed E-state index contributed by atoms with van der Waals surface area (Å²) < 4.78 is 12.7. The van der Waals surface area contributed by atoms with E-state index in [0.717, 1.165) is 53.8 Å². The molecule has 0 N–H and O–H groups in total. The van der Waals surface area contributed by atoms with Crippen LogP contribution in [0.2, 0.25) is 5.02 Å². The van der Waals surface area contributed by atoms with Gasteiger partial charge in [-0.05, 0) is 56.3 Å². The van der Waals surface area contributed by atoms with Crippen LogP contribution in [-0.2, 0) is 6.54 Å². The molecule has 0 radical (unpaired) electrons. The molecule has 1 amide bonds. The number of halogens is 1. The van der Waals surface area contributed by atoms with Crippen LogP contribution in [-0.4, -0.2) is 65.9 Å². The molecule has 0 unspecified atom stereocenters. The van der Waals surface area contributed by atoms with Gasteiger partial charge in [-0.2, -0.15) is 5.10 Å². The van der Waals surface area contributed by atoms with Crippen LogP contribution in [0.5, 0.6) is 11.5 Å². The lowest BCUT2D eigenvalue weighted by atomic mass is 10.1. The SMILES string of the molecule is COc1ccc(OC)c(CN2CCN(C(=O)c3ccc(-n4nc(C)c(Cl)c4C)cc3)CC2)c1. The van der Waals surface area contributed by atoms with Gasteiger partial charge in [0, 0.05) is 43.9 Å². The van der Waals surface area contributed by atoms with Crippen LogP contribution in [0.1, 0.15) is 27.3 Å². The molecule has 2 heterocycles. The van der Waals surface area contributed by atoms with E-state index >= 15 is 0 Å². The number of benzene rings is 2. The summed E-state index contributed by atoms with van der Waals surface area (Å²) in [5, 5.41) is 5.14. The fraction of sp³-hybridized carbons (Fsp3) is 0.360. The minimum Gasteiger partial charge on any atom is -0.497 e. The van der Waals surface area contributed by atoms with Gasteiger partial charge in [-0.15, -0.1) is 0 Å². The van der Waals surface area contributed by atoms with E-state index in [-0.39, 0.29) is 5.91 Å². The molecule has 0 saturated carbocycles. The fourth-order valence-electron chi connectivity index (χ4n) is 4.16. The number of ether oxygens (including phenoxy) is 2. The monoisotopic (exact) mass is 468 g/mol. The first kappa shape index (κ1) is 23.1. The molecule has 1 aromatic heterocycles. The minimum absolute atomic E-state index is 0.0477. The molecule has 1 aliphatic rings. The fourth-order valence-corrected chi connectivity index (χ4v) is 4.28. The summed E-state index contributed by atoms with van der Waals surface area (Å²) >= 11 is 6.27. The van der Waals surface area contributed by atoms with E-state index < -0.39 is 0 Å². The number of amides is 1. The van der Waals surface area contributed by atoms with Crippen molar-refractivity contribution in [3.05, 3.63) is 70.0 Å². The molecule has 1 saturated heterocycles. The third kappa shape index (κ3) is 4.84. The first-order valence-electron chi connectivity index (χ1n) is 11.0. The molecule has 0 spiro atoms. The van der Waals surface area contributed by atoms with Crippen molar-refractivity contribution in [1.82, 2.24) is 19.6 Å². The van der Waals surface area contributed by atoms with Crippen molar-refractivity contribution in [3.63, 3.8) is 0 Å². The number of rotatable bonds is 6. The maximum Gasteiger partial charge on any atom is 0.253 e. The van der Waals surface area contributed by atoms with Crippen LogP contribution in [0, 0.1) is 13.8 Å². The average molecular weight is 469 g/mol. The highest BCUT2D eigenvalue weighted by Gasteiger charge is 2.23. The van der Waals surface area contributed by atoms with E-state index in [0.29, 0.717) is 23.7 Å². The summed E-state index contributed by atoms with van der Waals surface area (Å²) in [6.07, 6.45) is 0. The van der Waals surface area contributed by atoms with Crippen molar-refractivity contribution < 1.29 is 14.3 Å². The Morgan fingerprint density at radius 2 is 1.70 bits per heavy atom. The molecule has 1 fully saturated rings. The topological polar surface area (TPSA) is 59.8 Å². The predicted molar refractivity (Wildman–Crippen MR) is 129 cm³/mol. The summed E-state index contributed by atoms with van der Waals surface area (Å²) in [7, 11) is 3.34. The zero-order valence-electron chi connectivity index (χ0n) is 19.5. The Hall–Kier alpha value is -3.03. The zero-order chi connectivity index (χ0) is 23.5. The second kappa shape index (κ2) is 9.85. The van der Waals surface area contributed by atoms with Gasteiger partial charge in [0.25, 0.3) is 5.91 Å². The van der Waals surface area contributed by atoms with E-state index in [1.165, 1.54) is 0 Å². The van der Waals surface area contributed by atoms with Crippen molar-refractivity contribution in [3.8, 4) is 17.2 Å². The molecule has 1 aliphatic heterocycles. The first-order valence-corrected chi connectivity index (χ1v) is 11.3. The Kier molecular flexibility index (Phi) is 6.91. The Labute approximate surface area is 199 Å². The molecule has 2 aromatic carbocycles. The molecular weight excluding hydrogens is 440 g/mol. The third-order valence-electron chi connectivity index (χ3n) is 6.10. The van der Waals surface area contributed by atoms with Crippen LogP contribution in [0.15, 0.2) is 42.5 Å². The molecule has 0 atom stereocenters. The van der Waals surface area contributed by atoms with Crippen molar-refractivity contribution in [2.45, 2.75) is 20.4 Å². The summed E-state index contributed by atoms with van der Waals surface area (Å²) in [6.45, 7) is 7.53. The molecular formula is C25H29ClN4O3. The smallest absolute Gasteiger partial charge is 0.253 e. The van der Waals surface area contributed by atoms with Crippen LogP contribution in [0.25, 0.3) is 5.69 Å². The summed E-state index contributed by atoms with van der Waals surface area (Å²) in [6, 6.07) is 13.4. The number of piperazine rings is 1. The van der Waals surface area contributed by atoms with E-state index in [1.54, 1.807) is 18.9 Å². The van der Waals surface area contributed by atoms with Crippen LogP contribution in [0.4, 0.5) is 0 Å². The van der Waals surface area contributed by atoms with Crippen LogP contribution in [0.3, 0.4) is 0 Å². The van der Waals surface area contributed by atoms with Gasteiger partial charge in [0.05, 0.1) is 36.3 Å². The maximum atomic E-state index is 13.0. The second-order valence-corrected chi connectivity index (χ2v) is 8.57. The Morgan fingerprint density at radius 1 is 1.00 bits per heavy atom. The molecule has 7 nitrogen and oxygen atoms in total. The standard InChI is InChI=1S/C25H29ClN4O3/c1-17-24(26)18(2)30(27-17)21-7-5-19(6-8-21)25(31)29-13-11-28(12-14-29)16-20-15-22(32-3)9-10-23(20)33-4/h5-10,15H,11-14,16H2,1-4H3. The molecule has 0 bridgehead atoms. The Morgan fingerprint density at radius 3 is 2.27 bits per heavy atom. The predicted octanol–water partition coefficient (Wildman–Crippen LogP) is 4.12. The van der Waals surface area contributed by atoms with Gasteiger partial charge in [-0.1, -0.05) is 11.6 Å². The highest BCUT2D eigenvalue weighted by Crippen LogP contribution is 2.26. The first-order chi connectivity index (χ1) is 15.9. The quantitative estimate of drug-likeness (QED) is 0.544. The van der Waals surface area contributed by atoms with Gasteiger partial charge in [0.1, 0.15) is 11.5 Å². The maximum absolute atomic E-state index is 13.0. The zero-order valence-corrected chi connectivity index (χ0v) is 20.2. The molecule has 33 heavy (non-hydrogen) atoms. The van der Waals surface area contributed by atoms with Gasteiger partial charge in [0.15, 0.2) is 0 Å². The van der Waals surface area contributed by atoms with Crippen molar-refractivity contribution in [2.75, 3.05) is 40.4 Å². The van der Waals surface area contributed by atoms with Crippen LogP contribution < -0.4 is 9.47 Å². The Bertz CT molecular complexity index is 1140. The molecule has 4 rings (SSSR count). The molecule has 8 heteroatoms. The van der Waals surface area contributed by atoms with Crippen molar-refractivity contribution >= 4 is 17.5 Å². The lowest BCUT2D eigenvalue weighted by Crippen LogP contribution is -2.48. The highest BCUT2D eigenvalue weighted by molar-refractivity contribution is 6.31. The summed E-state index contributed by atoms with van der Waals surface area (Å²) in [4.78, 5) is 17.3. The van der Waals surface area contributed by atoms with Gasteiger partial charge < -0.3 is 14.4 Å². The lowest BCUT2D eigenvalue weighted by molar-refractivity contribution is 0.0627.